The fraction of sp³-hybridized carbons (Fsp3) is 0.0909. The predicted octanol–water partition coefficient (Wildman–Crippen LogP) is 2.82. The maximum atomic E-state index is 11.1. The Kier molecular flexibility index (Phi) is 2.99. The zero-order chi connectivity index (χ0) is 13.1. The molecule has 0 fully saturated rings. The van der Waals surface area contributed by atoms with Gasteiger partial charge >= 0.3 is 5.97 Å². The Balaban J connectivity index is 2.73. The van der Waals surface area contributed by atoms with Gasteiger partial charge in [-0.05, 0) is 29.7 Å². The van der Waals surface area contributed by atoms with Crippen molar-refractivity contribution in [2.24, 2.45) is 5.11 Å². The molecule has 0 aliphatic heterocycles. The van der Waals surface area contributed by atoms with E-state index in [4.69, 9.17) is 10.6 Å². The molecule has 2 rings (SSSR count). The summed E-state index contributed by atoms with van der Waals surface area (Å²) in [5.74, 6) is -1.19. The van der Waals surface area contributed by atoms with Gasteiger partial charge < -0.3 is 5.11 Å². The molecule has 90 valence electrons. The number of hydrogen-bond acceptors (Lipinski definition) is 3. The maximum Gasteiger partial charge on any atom is 0.339 e. The lowest BCUT2D eigenvalue weighted by Gasteiger charge is -2.03. The van der Waals surface area contributed by atoms with E-state index in [1.165, 1.54) is 4.68 Å². The molecular formula is C11H9N5O2. The van der Waals surface area contributed by atoms with Gasteiger partial charge in [0.1, 0.15) is 11.4 Å². The summed E-state index contributed by atoms with van der Waals surface area (Å²) in [4.78, 5) is 13.8. The van der Waals surface area contributed by atoms with Gasteiger partial charge in [0.25, 0.3) is 0 Å². The highest BCUT2D eigenvalue weighted by molar-refractivity contribution is 5.94. The Hall–Kier alpha value is -2.79. The van der Waals surface area contributed by atoms with E-state index in [0.29, 0.717) is 11.4 Å². The van der Waals surface area contributed by atoms with E-state index >= 15 is 0 Å². The second-order valence-electron chi connectivity index (χ2n) is 3.53. The predicted molar refractivity (Wildman–Crippen MR) is 64.1 cm³/mol. The highest BCUT2D eigenvalue weighted by Crippen LogP contribution is 2.26. The zero-order valence-corrected chi connectivity index (χ0v) is 9.48. The number of nitrogens with zero attached hydrogens (tertiary/aromatic N) is 5. The van der Waals surface area contributed by atoms with Crippen molar-refractivity contribution in [1.29, 1.82) is 0 Å². The number of carboxylic acids is 1. The summed E-state index contributed by atoms with van der Waals surface area (Å²) in [6.45, 7) is 1.55. The summed E-state index contributed by atoms with van der Waals surface area (Å²) in [6.07, 6.45) is 0. The number of rotatable bonds is 3. The molecule has 0 radical (unpaired) electrons. The third kappa shape index (κ3) is 1.90. The second-order valence-corrected chi connectivity index (χ2v) is 3.53. The van der Waals surface area contributed by atoms with Gasteiger partial charge in [0.05, 0.1) is 11.4 Å². The number of carboxylic acid groups (broad SMARTS) is 1. The monoisotopic (exact) mass is 243 g/mol. The van der Waals surface area contributed by atoms with Crippen molar-refractivity contribution in [3.8, 4) is 5.69 Å². The average molecular weight is 243 g/mol. The Morgan fingerprint density at radius 2 is 2.11 bits per heavy atom. The lowest BCUT2D eigenvalue weighted by molar-refractivity contribution is 0.0697. The Bertz CT molecular complexity index is 641. The van der Waals surface area contributed by atoms with Crippen molar-refractivity contribution in [3.05, 3.63) is 52.0 Å². The Labute approximate surface area is 102 Å². The maximum absolute atomic E-state index is 11.1. The minimum atomic E-state index is -1.17. The Morgan fingerprint density at radius 3 is 2.67 bits per heavy atom. The zero-order valence-electron chi connectivity index (χ0n) is 9.48. The molecule has 0 saturated carbocycles. The molecule has 0 atom stereocenters. The molecule has 0 saturated heterocycles. The van der Waals surface area contributed by atoms with Crippen LogP contribution in [0.1, 0.15) is 16.1 Å². The fourth-order valence-electron chi connectivity index (χ4n) is 1.65. The van der Waals surface area contributed by atoms with Crippen molar-refractivity contribution in [2.45, 2.75) is 6.92 Å². The van der Waals surface area contributed by atoms with Crippen LogP contribution in [-0.4, -0.2) is 20.9 Å². The van der Waals surface area contributed by atoms with E-state index in [1.807, 2.05) is 6.07 Å². The van der Waals surface area contributed by atoms with Gasteiger partial charge in [0.15, 0.2) is 0 Å². The van der Waals surface area contributed by atoms with E-state index in [-0.39, 0.29) is 11.4 Å². The van der Waals surface area contributed by atoms with Crippen LogP contribution in [-0.2, 0) is 0 Å². The summed E-state index contributed by atoms with van der Waals surface area (Å²) >= 11 is 0. The fourth-order valence-corrected chi connectivity index (χ4v) is 1.65. The van der Waals surface area contributed by atoms with Crippen molar-refractivity contribution >= 4 is 11.8 Å². The van der Waals surface area contributed by atoms with Crippen LogP contribution in [0.2, 0.25) is 0 Å². The van der Waals surface area contributed by atoms with Crippen LogP contribution in [0.4, 0.5) is 5.82 Å². The molecule has 2 aromatic rings. The van der Waals surface area contributed by atoms with Gasteiger partial charge in [-0.15, -0.1) is 0 Å². The van der Waals surface area contributed by atoms with Crippen LogP contribution >= 0.6 is 0 Å². The standard InChI is InChI=1S/C11H9N5O2/c1-7-9(11(17)18)10(13-15-12)16(14-7)8-5-3-2-4-6-8/h2-6H,1H3,(H,17,18). The van der Waals surface area contributed by atoms with Crippen molar-refractivity contribution in [2.75, 3.05) is 0 Å². The highest BCUT2D eigenvalue weighted by Gasteiger charge is 2.20. The quantitative estimate of drug-likeness (QED) is 0.509. The first-order chi connectivity index (χ1) is 8.65. The molecule has 1 heterocycles. The molecule has 1 aromatic carbocycles. The van der Waals surface area contributed by atoms with Gasteiger partial charge in [-0.1, -0.05) is 18.2 Å². The number of benzene rings is 1. The molecule has 1 aromatic heterocycles. The van der Waals surface area contributed by atoms with E-state index in [1.54, 1.807) is 31.2 Å². The molecule has 0 spiro atoms. The molecule has 0 amide bonds. The van der Waals surface area contributed by atoms with E-state index in [2.05, 4.69) is 15.1 Å². The van der Waals surface area contributed by atoms with Gasteiger partial charge in [-0.25, -0.2) is 9.48 Å². The van der Waals surface area contributed by atoms with Gasteiger partial charge in [0.2, 0.25) is 0 Å². The Morgan fingerprint density at radius 1 is 1.44 bits per heavy atom. The number of hydrogen-bond donors (Lipinski definition) is 1. The number of carbonyl (C=O) groups is 1. The highest BCUT2D eigenvalue weighted by atomic mass is 16.4. The second kappa shape index (κ2) is 4.60. The van der Waals surface area contributed by atoms with Gasteiger partial charge in [-0.2, -0.15) is 5.10 Å². The topological polar surface area (TPSA) is 104 Å². The van der Waals surface area contributed by atoms with Crippen molar-refractivity contribution in [1.82, 2.24) is 9.78 Å². The lowest BCUT2D eigenvalue weighted by atomic mass is 10.2. The molecule has 0 aliphatic rings. The number of aromatic nitrogens is 2. The lowest BCUT2D eigenvalue weighted by Crippen LogP contribution is -1.98. The van der Waals surface area contributed by atoms with Crippen LogP contribution in [0.25, 0.3) is 16.1 Å². The third-order valence-corrected chi connectivity index (χ3v) is 2.39. The number of aryl methyl sites for hydroxylation is 1. The summed E-state index contributed by atoms with van der Waals surface area (Å²) in [5.41, 5.74) is 9.38. The molecule has 0 unspecified atom stereocenters. The van der Waals surface area contributed by atoms with Crippen LogP contribution in [0.15, 0.2) is 35.4 Å². The molecule has 0 aliphatic carbocycles. The SMILES string of the molecule is Cc1nn(-c2ccccc2)c(N=[N+]=[N-])c1C(=O)O. The van der Waals surface area contributed by atoms with E-state index in [9.17, 15) is 4.79 Å². The average Bonchev–Trinajstić information content (AvgIpc) is 2.68. The summed E-state index contributed by atoms with van der Waals surface area (Å²) in [5, 5.41) is 16.6. The van der Waals surface area contributed by atoms with Crippen LogP contribution in [0, 0.1) is 6.92 Å². The minimum absolute atomic E-state index is 0.0197. The first-order valence-corrected chi connectivity index (χ1v) is 5.08. The minimum Gasteiger partial charge on any atom is -0.478 e. The first kappa shape index (κ1) is 11.7. The summed E-state index contributed by atoms with van der Waals surface area (Å²) in [7, 11) is 0. The molecule has 1 N–H and O–H groups in total. The first-order valence-electron chi connectivity index (χ1n) is 5.08. The molecule has 7 heteroatoms. The molecular weight excluding hydrogens is 234 g/mol. The molecule has 0 bridgehead atoms. The van der Waals surface area contributed by atoms with Gasteiger partial charge in [-0.3, -0.25) is 0 Å². The van der Waals surface area contributed by atoms with Crippen molar-refractivity contribution < 1.29 is 9.90 Å². The van der Waals surface area contributed by atoms with Gasteiger partial charge in [0, 0.05) is 4.91 Å². The van der Waals surface area contributed by atoms with E-state index < -0.39 is 5.97 Å². The summed E-state index contributed by atoms with van der Waals surface area (Å²) in [6, 6.07) is 8.88. The van der Waals surface area contributed by atoms with Crippen LogP contribution < -0.4 is 0 Å². The number of azide groups is 1. The summed E-state index contributed by atoms with van der Waals surface area (Å²) < 4.78 is 1.32. The molecule has 18 heavy (non-hydrogen) atoms. The molecule has 7 nitrogen and oxygen atoms in total. The normalized spacial score (nSPS) is 9.83. The van der Waals surface area contributed by atoms with Crippen molar-refractivity contribution in [3.63, 3.8) is 0 Å². The largest absolute Gasteiger partial charge is 0.478 e. The van der Waals surface area contributed by atoms with Crippen LogP contribution in [0.5, 0.6) is 0 Å². The number of para-hydroxylation sites is 1. The third-order valence-electron chi connectivity index (χ3n) is 2.39. The van der Waals surface area contributed by atoms with E-state index in [0.717, 1.165) is 0 Å². The van der Waals surface area contributed by atoms with Crippen LogP contribution in [0.3, 0.4) is 0 Å². The number of aromatic carboxylic acids is 1. The smallest absolute Gasteiger partial charge is 0.339 e.